The van der Waals surface area contributed by atoms with Gasteiger partial charge in [-0.1, -0.05) is 30.3 Å². The van der Waals surface area contributed by atoms with Crippen LogP contribution in [0.5, 0.6) is 0 Å². The second-order valence-electron chi connectivity index (χ2n) is 3.86. The summed E-state index contributed by atoms with van der Waals surface area (Å²) < 4.78 is 1.64. The third kappa shape index (κ3) is 1.65. The highest BCUT2D eigenvalue weighted by atomic mass is 16.1. The summed E-state index contributed by atoms with van der Waals surface area (Å²) in [4.78, 5) is 16.4. The van der Waals surface area contributed by atoms with E-state index < -0.39 is 0 Å². The van der Waals surface area contributed by atoms with E-state index in [9.17, 15) is 4.79 Å². The average molecular weight is 214 g/mol. The molecule has 0 radical (unpaired) electrons. The van der Waals surface area contributed by atoms with Crippen LogP contribution < -0.4 is 5.56 Å². The van der Waals surface area contributed by atoms with E-state index in [1.165, 1.54) is 0 Å². The summed E-state index contributed by atoms with van der Waals surface area (Å²) in [7, 11) is 1.78. The molecule has 82 valence electrons. The van der Waals surface area contributed by atoms with Crippen LogP contribution in [0.25, 0.3) is 11.3 Å². The SMILES string of the molecule is Cc1nc(-c2ccccc2)c(=O)n(C)c1C. The first-order valence-corrected chi connectivity index (χ1v) is 5.21. The van der Waals surface area contributed by atoms with Crippen LogP contribution in [0.2, 0.25) is 0 Å². The molecular weight excluding hydrogens is 200 g/mol. The van der Waals surface area contributed by atoms with Crippen molar-refractivity contribution in [3.05, 3.63) is 52.1 Å². The van der Waals surface area contributed by atoms with Crippen molar-refractivity contribution >= 4 is 0 Å². The van der Waals surface area contributed by atoms with E-state index in [1.54, 1.807) is 11.6 Å². The Morgan fingerprint density at radius 1 is 1.12 bits per heavy atom. The summed E-state index contributed by atoms with van der Waals surface area (Å²) in [6.07, 6.45) is 0. The first-order chi connectivity index (χ1) is 7.61. The van der Waals surface area contributed by atoms with Crippen LogP contribution in [0.15, 0.2) is 35.1 Å². The molecule has 0 bridgehead atoms. The molecule has 3 heteroatoms. The highest BCUT2D eigenvalue weighted by Crippen LogP contribution is 2.13. The normalized spacial score (nSPS) is 10.4. The largest absolute Gasteiger partial charge is 0.312 e. The Bertz CT molecular complexity index is 570. The topological polar surface area (TPSA) is 34.9 Å². The van der Waals surface area contributed by atoms with Gasteiger partial charge in [0.1, 0.15) is 5.69 Å². The predicted molar refractivity (Wildman–Crippen MR) is 64.4 cm³/mol. The fourth-order valence-corrected chi connectivity index (χ4v) is 1.63. The average Bonchev–Trinajstić information content (AvgIpc) is 2.32. The molecule has 0 fully saturated rings. The highest BCUT2D eigenvalue weighted by molar-refractivity contribution is 5.58. The molecule has 16 heavy (non-hydrogen) atoms. The molecule has 0 unspecified atom stereocenters. The monoisotopic (exact) mass is 214 g/mol. The lowest BCUT2D eigenvalue weighted by atomic mass is 10.1. The Hall–Kier alpha value is -1.90. The predicted octanol–water partition coefficient (Wildman–Crippen LogP) is 2.06. The van der Waals surface area contributed by atoms with E-state index in [1.807, 2.05) is 44.2 Å². The Morgan fingerprint density at radius 2 is 1.75 bits per heavy atom. The molecule has 0 saturated heterocycles. The maximum absolute atomic E-state index is 12.0. The molecule has 0 aliphatic rings. The fourth-order valence-electron chi connectivity index (χ4n) is 1.63. The maximum atomic E-state index is 12.0. The van der Waals surface area contributed by atoms with E-state index >= 15 is 0 Å². The van der Waals surface area contributed by atoms with Gasteiger partial charge in [-0.25, -0.2) is 4.98 Å². The Labute approximate surface area is 94.4 Å². The zero-order valence-electron chi connectivity index (χ0n) is 9.69. The molecule has 0 N–H and O–H groups in total. The van der Waals surface area contributed by atoms with Gasteiger partial charge in [0, 0.05) is 18.3 Å². The molecule has 2 aromatic rings. The van der Waals surface area contributed by atoms with Gasteiger partial charge >= 0.3 is 0 Å². The molecule has 0 saturated carbocycles. The number of hydrogen-bond acceptors (Lipinski definition) is 2. The summed E-state index contributed by atoms with van der Waals surface area (Å²) in [5, 5.41) is 0. The van der Waals surface area contributed by atoms with Crippen LogP contribution in [0.4, 0.5) is 0 Å². The van der Waals surface area contributed by atoms with Crippen molar-refractivity contribution in [3.8, 4) is 11.3 Å². The zero-order chi connectivity index (χ0) is 11.7. The molecule has 3 nitrogen and oxygen atoms in total. The Kier molecular flexibility index (Phi) is 2.60. The summed E-state index contributed by atoms with van der Waals surface area (Å²) >= 11 is 0. The molecule has 0 amide bonds. The molecule has 1 aromatic heterocycles. The number of aromatic nitrogens is 2. The second kappa shape index (κ2) is 3.93. The van der Waals surface area contributed by atoms with E-state index in [2.05, 4.69) is 4.98 Å². The molecular formula is C13H14N2O. The lowest BCUT2D eigenvalue weighted by Gasteiger charge is -2.09. The first-order valence-electron chi connectivity index (χ1n) is 5.21. The summed E-state index contributed by atoms with van der Waals surface area (Å²) in [6.45, 7) is 3.82. The Balaban J connectivity index is 2.73. The number of rotatable bonds is 1. The standard InChI is InChI=1S/C13H14N2O/c1-9-10(2)15(3)13(16)12(14-9)11-7-5-4-6-8-11/h4-8H,1-3H3. The fraction of sp³-hybridized carbons (Fsp3) is 0.231. The zero-order valence-corrected chi connectivity index (χ0v) is 9.69. The lowest BCUT2D eigenvalue weighted by Crippen LogP contribution is -2.23. The molecule has 1 heterocycles. The van der Waals surface area contributed by atoms with Gasteiger partial charge < -0.3 is 4.57 Å². The van der Waals surface area contributed by atoms with Crippen molar-refractivity contribution < 1.29 is 0 Å². The van der Waals surface area contributed by atoms with E-state index in [-0.39, 0.29) is 5.56 Å². The molecule has 1 aromatic carbocycles. The van der Waals surface area contributed by atoms with E-state index in [4.69, 9.17) is 0 Å². The van der Waals surface area contributed by atoms with E-state index in [0.29, 0.717) is 5.69 Å². The molecule has 0 aliphatic heterocycles. The number of nitrogens with zero attached hydrogens (tertiary/aromatic N) is 2. The smallest absolute Gasteiger partial charge is 0.277 e. The summed E-state index contributed by atoms with van der Waals surface area (Å²) in [5.74, 6) is 0. The van der Waals surface area contributed by atoms with Gasteiger partial charge in [0.25, 0.3) is 5.56 Å². The van der Waals surface area contributed by atoms with Crippen LogP contribution >= 0.6 is 0 Å². The van der Waals surface area contributed by atoms with Gasteiger partial charge in [0.2, 0.25) is 0 Å². The van der Waals surface area contributed by atoms with Crippen LogP contribution in [0, 0.1) is 13.8 Å². The van der Waals surface area contributed by atoms with Gasteiger partial charge in [-0.15, -0.1) is 0 Å². The summed E-state index contributed by atoms with van der Waals surface area (Å²) in [6, 6.07) is 9.54. The Morgan fingerprint density at radius 3 is 2.38 bits per heavy atom. The van der Waals surface area contributed by atoms with Gasteiger partial charge in [-0.3, -0.25) is 4.79 Å². The van der Waals surface area contributed by atoms with Gasteiger partial charge in [0.15, 0.2) is 0 Å². The minimum atomic E-state index is -0.0469. The van der Waals surface area contributed by atoms with Crippen molar-refractivity contribution in [2.24, 2.45) is 7.05 Å². The minimum absolute atomic E-state index is 0.0469. The van der Waals surface area contributed by atoms with Crippen molar-refractivity contribution in [1.29, 1.82) is 0 Å². The molecule has 0 aliphatic carbocycles. The van der Waals surface area contributed by atoms with E-state index in [0.717, 1.165) is 17.0 Å². The molecule has 2 rings (SSSR count). The third-order valence-electron chi connectivity index (χ3n) is 2.86. The maximum Gasteiger partial charge on any atom is 0.277 e. The quantitative estimate of drug-likeness (QED) is 0.728. The molecule has 0 atom stereocenters. The van der Waals surface area contributed by atoms with Gasteiger partial charge in [-0.2, -0.15) is 0 Å². The van der Waals surface area contributed by atoms with Crippen molar-refractivity contribution in [2.75, 3.05) is 0 Å². The van der Waals surface area contributed by atoms with Gasteiger partial charge in [-0.05, 0) is 13.8 Å². The number of hydrogen-bond donors (Lipinski definition) is 0. The third-order valence-corrected chi connectivity index (χ3v) is 2.86. The van der Waals surface area contributed by atoms with Crippen molar-refractivity contribution in [2.45, 2.75) is 13.8 Å². The lowest BCUT2D eigenvalue weighted by molar-refractivity contribution is 0.788. The highest BCUT2D eigenvalue weighted by Gasteiger charge is 2.09. The van der Waals surface area contributed by atoms with Crippen molar-refractivity contribution in [1.82, 2.24) is 9.55 Å². The number of aryl methyl sites for hydroxylation is 1. The van der Waals surface area contributed by atoms with Crippen LogP contribution in [0.1, 0.15) is 11.4 Å². The minimum Gasteiger partial charge on any atom is -0.312 e. The first kappa shape index (κ1) is 10.6. The van der Waals surface area contributed by atoms with Crippen LogP contribution in [-0.4, -0.2) is 9.55 Å². The van der Waals surface area contributed by atoms with Crippen LogP contribution in [-0.2, 0) is 7.05 Å². The van der Waals surface area contributed by atoms with Crippen LogP contribution in [0.3, 0.4) is 0 Å². The summed E-state index contributed by atoms with van der Waals surface area (Å²) in [5.41, 5.74) is 3.14. The van der Waals surface area contributed by atoms with Gasteiger partial charge in [0.05, 0.1) is 5.69 Å². The second-order valence-corrected chi connectivity index (χ2v) is 3.86. The van der Waals surface area contributed by atoms with Crippen molar-refractivity contribution in [3.63, 3.8) is 0 Å². The number of benzene rings is 1. The molecule has 0 spiro atoms.